The molecule has 0 unspecified atom stereocenters. The van der Waals surface area contributed by atoms with E-state index in [-0.39, 0.29) is 14.1 Å². The molecule has 2 aromatic carbocycles. The minimum atomic E-state index is -3.79. The molecule has 0 saturated carbocycles. The first-order valence-electron chi connectivity index (χ1n) is 11.0. The molecule has 0 spiro atoms. The summed E-state index contributed by atoms with van der Waals surface area (Å²) in [6.07, 6.45) is 12.9. The molecule has 0 bridgehead atoms. The molecule has 160 valence electrons. The zero-order valence-electron chi connectivity index (χ0n) is 17.5. The van der Waals surface area contributed by atoms with E-state index >= 15 is 0 Å². The fourth-order valence-corrected chi connectivity index (χ4v) is 6.68. The third-order valence-corrected chi connectivity index (χ3v) is 8.72. The molecular formula is C24H36O3P2. The highest BCUT2D eigenvalue weighted by Crippen LogP contribution is 2.36. The lowest BCUT2D eigenvalue weighted by molar-refractivity contribution is 0.370. The molecule has 0 aliphatic heterocycles. The van der Waals surface area contributed by atoms with Crippen molar-refractivity contribution in [3.63, 3.8) is 0 Å². The van der Waals surface area contributed by atoms with Gasteiger partial charge in [0.05, 0.1) is 0 Å². The van der Waals surface area contributed by atoms with Gasteiger partial charge in [-0.3, -0.25) is 4.57 Å². The van der Waals surface area contributed by atoms with Crippen LogP contribution in [0.3, 0.4) is 0 Å². The van der Waals surface area contributed by atoms with E-state index in [2.05, 4.69) is 60.7 Å². The van der Waals surface area contributed by atoms with Crippen molar-refractivity contribution in [2.75, 3.05) is 12.3 Å². The van der Waals surface area contributed by atoms with Gasteiger partial charge < -0.3 is 9.79 Å². The van der Waals surface area contributed by atoms with E-state index in [1.807, 2.05) is 0 Å². The van der Waals surface area contributed by atoms with E-state index in [1.165, 1.54) is 61.7 Å². The maximum absolute atomic E-state index is 10.8. The molecule has 3 nitrogen and oxygen atoms in total. The Kier molecular flexibility index (Phi) is 11.8. The lowest BCUT2D eigenvalue weighted by Gasteiger charge is -2.18. The predicted octanol–water partition coefficient (Wildman–Crippen LogP) is 6.20. The number of hydrogen-bond acceptors (Lipinski definition) is 1. The highest BCUT2D eigenvalue weighted by Gasteiger charge is 2.13. The van der Waals surface area contributed by atoms with E-state index in [4.69, 9.17) is 9.79 Å². The number of rotatable bonds is 15. The van der Waals surface area contributed by atoms with Crippen LogP contribution in [0.15, 0.2) is 60.7 Å². The van der Waals surface area contributed by atoms with Crippen molar-refractivity contribution in [3.8, 4) is 0 Å². The summed E-state index contributed by atoms with van der Waals surface area (Å²) in [5, 5.41) is 2.96. The van der Waals surface area contributed by atoms with Gasteiger partial charge in [-0.05, 0) is 37.5 Å². The van der Waals surface area contributed by atoms with Crippen molar-refractivity contribution < 1.29 is 14.4 Å². The van der Waals surface area contributed by atoms with Crippen LogP contribution in [0, 0.1) is 0 Å². The van der Waals surface area contributed by atoms with Gasteiger partial charge in [0.2, 0.25) is 0 Å². The lowest BCUT2D eigenvalue weighted by atomic mass is 10.1. The van der Waals surface area contributed by atoms with Crippen molar-refractivity contribution in [1.29, 1.82) is 0 Å². The average Bonchev–Trinajstić information content (AvgIpc) is 2.72. The largest absolute Gasteiger partial charge is 0.325 e. The molecule has 2 aromatic rings. The maximum atomic E-state index is 10.8. The monoisotopic (exact) mass is 434 g/mol. The van der Waals surface area contributed by atoms with Crippen molar-refractivity contribution in [1.82, 2.24) is 0 Å². The summed E-state index contributed by atoms with van der Waals surface area (Å²) < 4.78 is 10.8. The van der Waals surface area contributed by atoms with Gasteiger partial charge >= 0.3 is 7.60 Å². The standard InChI is InChI=1S/C24H36O3P2/c25-29(26,27)22-16-8-6-4-2-1-3-5-7-15-21-28(23-17-11-9-12-18-23)24-19-13-10-14-20-24/h9-14,17-20H,1-8,15-16,21-22H2,(H2,25,26,27). The summed E-state index contributed by atoms with van der Waals surface area (Å²) >= 11 is 0. The fourth-order valence-electron chi connectivity index (χ4n) is 3.63. The summed E-state index contributed by atoms with van der Waals surface area (Å²) in [6, 6.07) is 21.9. The Morgan fingerprint density at radius 1 is 0.586 bits per heavy atom. The van der Waals surface area contributed by atoms with E-state index in [9.17, 15) is 4.57 Å². The Bertz CT molecular complexity index is 661. The van der Waals surface area contributed by atoms with Crippen molar-refractivity contribution >= 4 is 26.1 Å². The first-order valence-corrected chi connectivity index (χ1v) is 14.3. The molecule has 0 heterocycles. The highest BCUT2D eigenvalue weighted by molar-refractivity contribution is 7.73. The van der Waals surface area contributed by atoms with Gasteiger partial charge in [-0.15, -0.1) is 0 Å². The third-order valence-electron chi connectivity index (χ3n) is 5.22. The molecule has 29 heavy (non-hydrogen) atoms. The molecule has 2 N–H and O–H groups in total. The first-order chi connectivity index (χ1) is 14.1. The topological polar surface area (TPSA) is 57.5 Å². The Hall–Kier alpha value is -0.980. The van der Waals surface area contributed by atoms with Gasteiger partial charge in [0.15, 0.2) is 0 Å². The Labute approximate surface area is 177 Å². The second-order valence-corrected chi connectivity index (χ2v) is 11.9. The van der Waals surface area contributed by atoms with Crippen LogP contribution in [-0.4, -0.2) is 22.1 Å². The van der Waals surface area contributed by atoms with Crippen LogP contribution >= 0.6 is 15.5 Å². The maximum Gasteiger partial charge on any atom is 0.325 e. The number of benzene rings is 2. The summed E-state index contributed by atoms with van der Waals surface area (Å²) in [7, 11) is -4.04. The van der Waals surface area contributed by atoms with Crippen LogP contribution in [0.2, 0.25) is 0 Å². The van der Waals surface area contributed by atoms with Gasteiger partial charge in [-0.2, -0.15) is 0 Å². The van der Waals surface area contributed by atoms with Crippen molar-refractivity contribution in [2.45, 2.75) is 64.2 Å². The summed E-state index contributed by atoms with van der Waals surface area (Å²) in [5.74, 6) is 0. The van der Waals surface area contributed by atoms with Gasteiger partial charge in [-0.1, -0.05) is 112 Å². The molecule has 2 rings (SSSR count). The summed E-state index contributed by atoms with van der Waals surface area (Å²) in [5.41, 5.74) is 0. The number of hydrogen-bond donors (Lipinski definition) is 2. The molecule has 0 aromatic heterocycles. The van der Waals surface area contributed by atoms with Crippen LogP contribution in [0.4, 0.5) is 0 Å². The summed E-state index contributed by atoms with van der Waals surface area (Å²) in [4.78, 5) is 17.7. The van der Waals surface area contributed by atoms with E-state index in [0.29, 0.717) is 6.42 Å². The van der Waals surface area contributed by atoms with E-state index < -0.39 is 7.60 Å². The van der Waals surface area contributed by atoms with Crippen LogP contribution in [0.5, 0.6) is 0 Å². The second-order valence-electron chi connectivity index (χ2n) is 7.75. The molecule has 0 saturated heterocycles. The van der Waals surface area contributed by atoms with E-state index in [1.54, 1.807) is 0 Å². The summed E-state index contributed by atoms with van der Waals surface area (Å²) in [6.45, 7) is 0. The van der Waals surface area contributed by atoms with Crippen LogP contribution < -0.4 is 10.6 Å². The van der Waals surface area contributed by atoms with Crippen molar-refractivity contribution in [3.05, 3.63) is 60.7 Å². The predicted molar refractivity (Wildman–Crippen MR) is 127 cm³/mol. The van der Waals surface area contributed by atoms with Crippen molar-refractivity contribution in [2.24, 2.45) is 0 Å². The quantitative estimate of drug-likeness (QED) is 0.259. The average molecular weight is 434 g/mol. The molecule has 0 aliphatic carbocycles. The van der Waals surface area contributed by atoms with Gasteiger partial charge in [0.1, 0.15) is 0 Å². The van der Waals surface area contributed by atoms with Gasteiger partial charge in [0.25, 0.3) is 0 Å². The number of unbranched alkanes of at least 4 members (excludes halogenated alkanes) is 9. The zero-order valence-corrected chi connectivity index (χ0v) is 19.2. The molecule has 0 amide bonds. The normalized spacial score (nSPS) is 11.8. The Morgan fingerprint density at radius 3 is 1.38 bits per heavy atom. The second kappa shape index (κ2) is 14.1. The lowest BCUT2D eigenvalue weighted by Crippen LogP contribution is -2.13. The molecule has 0 atom stereocenters. The fraction of sp³-hybridized carbons (Fsp3) is 0.500. The van der Waals surface area contributed by atoms with Gasteiger partial charge in [-0.25, -0.2) is 0 Å². The van der Waals surface area contributed by atoms with Crippen LogP contribution in [-0.2, 0) is 4.57 Å². The molecular weight excluding hydrogens is 398 g/mol. The SMILES string of the molecule is O=P(O)(O)CCCCCCCCCCCCP(c1ccccc1)c1ccccc1. The first kappa shape index (κ1) is 24.3. The zero-order chi connectivity index (χ0) is 20.8. The Balaban J connectivity index is 1.56. The molecule has 0 aliphatic rings. The minimum absolute atomic E-state index is 0.0432. The van der Waals surface area contributed by atoms with Crippen LogP contribution in [0.25, 0.3) is 0 Å². The molecule has 5 heteroatoms. The molecule has 0 fully saturated rings. The van der Waals surface area contributed by atoms with E-state index in [0.717, 1.165) is 12.8 Å². The van der Waals surface area contributed by atoms with Crippen LogP contribution in [0.1, 0.15) is 64.2 Å². The Morgan fingerprint density at radius 2 is 0.966 bits per heavy atom. The highest BCUT2D eigenvalue weighted by atomic mass is 31.2. The third kappa shape index (κ3) is 11.1. The van der Waals surface area contributed by atoms with Gasteiger partial charge in [0, 0.05) is 6.16 Å². The molecule has 0 radical (unpaired) electrons. The smallest absolute Gasteiger partial charge is 0.324 e. The minimum Gasteiger partial charge on any atom is -0.324 e.